The maximum absolute atomic E-state index is 13.8. The standard InChI is InChI=1S/C27H25ClF2N2O4S/c1-27(34)16-2-3-17(27)11-19(10-16)37(35,36)25-14-21(20(13-22(25)28)15-6-8-31-9-7-15)26(33)32-18-4-5-23(29)24(30)12-18/h4-9,12-14,16-17,19,34H,2-3,10-11H2,1H3,(H,32,33)/t16?,17?,19-,27-. The SMILES string of the molecule is C[C@]1(O)C2CCC1C[C@@H](S(=O)(=O)c1cc(C(=O)Nc3ccc(F)c(F)c3)c(-c3ccncc3)cc1Cl)C2. The van der Waals surface area contributed by atoms with Crippen molar-refractivity contribution in [2.75, 3.05) is 5.32 Å². The van der Waals surface area contributed by atoms with Crippen molar-refractivity contribution in [1.29, 1.82) is 0 Å². The lowest BCUT2D eigenvalue weighted by molar-refractivity contribution is -0.0413. The third kappa shape index (κ3) is 4.64. The summed E-state index contributed by atoms with van der Waals surface area (Å²) in [5.74, 6) is -3.16. The number of benzene rings is 2. The van der Waals surface area contributed by atoms with Crippen molar-refractivity contribution in [3.8, 4) is 11.1 Å². The van der Waals surface area contributed by atoms with E-state index in [-0.39, 0.29) is 33.0 Å². The lowest BCUT2D eigenvalue weighted by Gasteiger charge is -2.40. The van der Waals surface area contributed by atoms with Crippen molar-refractivity contribution < 1.29 is 27.1 Å². The summed E-state index contributed by atoms with van der Waals surface area (Å²) in [6.45, 7) is 1.77. The Hall–Kier alpha value is -2.88. The van der Waals surface area contributed by atoms with Crippen LogP contribution in [0.1, 0.15) is 43.0 Å². The molecule has 0 saturated heterocycles. The fourth-order valence-corrected chi connectivity index (χ4v) is 8.13. The molecule has 2 atom stereocenters. The van der Waals surface area contributed by atoms with Crippen molar-refractivity contribution in [2.24, 2.45) is 11.8 Å². The maximum Gasteiger partial charge on any atom is 0.256 e. The average molecular weight is 547 g/mol. The van der Waals surface area contributed by atoms with Crippen LogP contribution in [0.25, 0.3) is 11.1 Å². The number of fused-ring (bicyclic) bond motifs is 2. The zero-order valence-electron chi connectivity index (χ0n) is 19.9. The molecule has 37 heavy (non-hydrogen) atoms. The van der Waals surface area contributed by atoms with Gasteiger partial charge in [0.05, 0.1) is 20.8 Å². The molecule has 2 saturated carbocycles. The Bertz CT molecular complexity index is 1470. The molecule has 0 radical (unpaired) electrons. The molecule has 2 aromatic carbocycles. The van der Waals surface area contributed by atoms with Crippen LogP contribution in [0.2, 0.25) is 5.02 Å². The molecule has 2 aliphatic rings. The smallest absolute Gasteiger partial charge is 0.256 e. The molecule has 194 valence electrons. The second-order valence-corrected chi connectivity index (χ2v) is 12.6. The largest absolute Gasteiger partial charge is 0.390 e. The number of hydrogen-bond donors (Lipinski definition) is 2. The number of nitrogens with zero attached hydrogens (tertiary/aromatic N) is 1. The average Bonchev–Trinajstić information content (AvgIpc) is 3.02. The molecular formula is C27H25ClF2N2O4S. The van der Waals surface area contributed by atoms with Crippen LogP contribution in [0.3, 0.4) is 0 Å². The minimum absolute atomic E-state index is 0.00434. The van der Waals surface area contributed by atoms with Crippen LogP contribution < -0.4 is 5.32 Å². The quantitative estimate of drug-likeness (QED) is 0.431. The van der Waals surface area contributed by atoms with E-state index < -0.39 is 38.2 Å². The Morgan fingerprint density at radius 2 is 1.70 bits per heavy atom. The van der Waals surface area contributed by atoms with E-state index in [1.54, 1.807) is 19.1 Å². The lowest BCUT2D eigenvalue weighted by atomic mass is 9.76. The topological polar surface area (TPSA) is 96.4 Å². The van der Waals surface area contributed by atoms with E-state index in [0.29, 0.717) is 24.0 Å². The predicted molar refractivity (Wildman–Crippen MR) is 136 cm³/mol. The van der Waals surface area contributed by atoms with Gasteiger partial charge in [-0.1, -0.05) is 11.6 Å². The molecule has 2 aliphatic carbocycles. The Labute approximate surface area is 218 Å². The first-order chi connectivity index (χ1) is 17.5. The molecule has 2 fully saturated rings. The van der Waals surface area contributed by atoms with Crippen molar-refractivity contribution in [3.63, 3.8) is 0 Å². The predicted octanol–water partition coefficient (Wildman–Crippen LogP) is 5.65. The van der Waals surface area contributed by atoms with Crippen LogP contribution in [0.4, 0.5) is 14.5 Å². The first-order valence-corrected chi connectivity index (χ1v) is 13.9. The minimum Gasteiger partial charge on any atom is -0.390 e. The summed E-state index contributed by atoms with van der Waals surface area (Å²) in [6.07, 6.45) is 5.19. The van der Waals surface area contributed by atoms with Crippen LogP contribution in [0.15, 0.2) is 59.8 Å². The van der Waals surface area contributed by atoms with Crippen molar-refractivity contribution >= 4 is 33.0 Å². The molecule has 5 rings (SSSR count). The highest BCUT2D eigenvalue weighted by atomic mass is 35.5. The van der Waals surface area contributed by atoms with Gasteiger partial charge in [0.15, 0.2) is 21.5 Å². The van der Waals surface area contributed by atoms with Gasteiger partial charge in [0.25, 0.3) is 5.91 Å². The lowest BCUT2D eigenvalue weighted by Crippen LogP contribution is -2.45. The Morgan fingerprint density at radius 3 is 2.32 bits per heavy atom. The summed E-state index contributed by atoms with van der Waals surface area (Å²) in [6, 6.07) is 8.91. The summed E-state index contributed by atoms with van der Waals surface area (Å²) in [5.41, 5.74) is 0.0528. The molecule has 1 amide bonds. The number of sulfone groups is 1. The van der Waals surface area contributed by atoms with Crippen LogP contribution in [-0.4, -0.2) is 35.3 Å². The van der Waals surface area contributed by atoms with E-state index in [2.05, 4.69) is 10.3 Å². The normalized spacial score (nSPS) is 25.2. The fourth-order valence-electron chi connectivity index (χ4n) is 5.70. The molecule has 2 N–H and O–H groups in total. The highest BCUT2D eigenvalue weighted by Gasteiger charge is 2.53. The number of aliphatic hydroxyl groups is 1. The van der Waals surface area contributed by atoms with E-state index in [1.807, 2.05) is 0 Å². The van der Waals surface area contributed by atoms with Gasteiger partial charge in [0.1, 0.15) is 0 Å². The molecule has 1 heterocycles. The van der Waals surface area contributed by atoms with Gasteiger partial charge in [-0.25, -0.2) is 17.2 Å². The van der Waals surface area contributed by atoms with E-state index in [9.17, 15) is 27.1 Å². The molecular weight excluding hydrogens is 522 g/mol. The fraction of sp³-hybridized carbons (Fsp3) is 0.333. The first kappa shape index (κ1) is 25.8. The molecule has 0 spiro atoms. The van der Waals surface area contributed by atoms with Crippen molar-refractivity contribution in [1.82, 2.24) is 4.98 Å². The van der Waals surface area contributed by atoms with Gasteiger partial charge in [-0.15, -0.1) is 0 Å². The number of aromatic nitrogens is 1. The molecule has 6 nitrogen and oxygen atoms in total. The third-order valence-electron chi connectivity index (χ3n) is 7.84. The monoisotopic (exact) mass is 546 g/mol. The number of carbonyl (C=O) groups excluding carboxylic acids is 1. The molecule has 2 unspecified atom stereocenters. The number of pyridine rings is 1. The molecule has 10 heteroatoms. The first-order valence-electron chi connectivity index (χ1n) is 11.9. The second-order valence-electron chi connectivity index (χ2n) is 9.98. The van der Waals surface area contributed by atoms with Crippen LogP contribution in [0.5, 0.6) is 0 Å². The minimum atomic E-state index is -3.95. The highest BCUT2D eigenvalue weighted by molar-refractivity contribution is 7.92. The summed E-state index contributed by atoms with van der Waals surface area (Å²) in [7, 11) is -3.95. The number of carbonyl (C=O) groups is 1. The summed E-state index contributed by atoms with van der Waals surface area (Å²) >= 11 is 6.54. The van der Waals surface area contributed by atoms with Crippen LogP contribution in [-0.2, 0) is 9.84 Å². The van der Waals surface area contributed by atoms with Gasteiger partial charge in [-0.2, -0.15) is 0 Å². The summed E-state index contributed by atoms with van der Waals surface area (Å²) in [4.78, 5) is 17.2. The Kier molecular flexibility index (Phi) is 6.58. The number of rotatable bonds is 5. The number of amides is 1. The number of hydrogen-bond acceptors (Lipinski definition) is 5. The van der Waals surface area contributed by atoms with Gasteiger partial charge >= 0.3 is 0 Å². The second kappa shape index (κ2) is 9.45. The van der Waals surface area contributed by atoms with Gasteiger partial charge in [-0.05, 0) is 92.0 Å². The van der Waals surface area contributed by atoms with Crippen molar-refractivity contribution in [2.45, 2.75) is 48.4 Å². The van der Waals surface area contributed by atoms with Gasteiger partial charge < -0.3 is 10.4 Å². The molecule has 1 aromatic heterocycles. The van der Waals surface area contributed by atoms with Crippen LogP contribution >= 0.6 is 11.6 Å². The molecule has 3 aromatic rings. The van der Waals surface area contributed by atoms with Crippen LogP contribution in [0, 0.1) is 23.5 Å². The number of halogens is 3. The summed E-state index contributed by atoms with van der Waals surface area (Å²) < 4.78 is 54.7. The Morgan fingerprint density at radius 1 is 1.05 bits per heavy atom. The zero-order valence-corrected chi connectivity index (χ0v) is 21.5. The van der Waals surface area contributed by atoms with E-state index in [1.165, 1.54) is 30.6 Å². The summed E-state index contributed by atoms with van der Waals surface area (Å²) in [5, 5.41) is 12.6. The zero-order chi connectivity index (χ0) is 26.5. The van der Waals surface area contributed by atoms with Crippen molar-refractivity contribution in [3.05, 3.63) is 77.1 Å². The van der Waals surface area contributed by atoms with E-state index in [4.69, 9.17) is 11.6 Å². The third-order valence-corrected chi connectivity index (χ3v) is 10.5. The number of anilines is 1. The van der Waals surface area contributed by atoms with Gasteiger partial charge in [0.2, 0.25) is 0 Å². The van der Waals surface area contributed by atoms with E-state index in [0.717, 1.165) is 25.0 Å². The van der Waals surface area contributed by atoms with E-state index >= 15 is 0 Å². The number of nitrogens with one attached hydrogen (secondary N) is 1. The Balaban J connectivity index is 1.57. The molecule has 2 bridgehead atoms. The maximum atomic E-state index is 13.8. The highest BCUT2D eigenvalue weighted by Crippen LogP contribution is 2.52. The molecule has 0 aliphatic heterocycles. The van der Waals surface area contributed by atoms with Gasteiger partial charge in [-0.3, -0.25) is 9.78 Å². The van der Waals surface area contributed by atoms with Gasteiger partial charge in [0, 0.05) is 29.7 Å².